The Morgan fingerprint density at radius 3 is 2.14 bits per heavy atom. The molecule has 1 heteroatoms. The number of allylic oxidation sites excluding steroid dienone is 6. The van der Waals surface area contributed by atoms with Crippen molar-refractivity contribution >= 4 is 5.71 Å². The highest BCUT2D eigenvalue weighted by molar-refractivity contribution is 6.11. The fourth-order valence-corrected chi connectivity index (χ4v) is 1.72. The van der Waals surface area contributed by atoms with Crippen LogP contribution in [0.3, 0.4) is 0 Å². The molecule has 0 bridgehead atoms. The minimum Gasteiger partial charge on any atom is -0.300 e. The van der Waals surface area contributed by atoms with Gasteiger partial charge in [-0.2, -0.15) is 0 Å². The average Bonchev–Trinajstić information content (AvgIpc) is 2.01. The lowest BCUT2D eigenvalue weighted by Crippen LogP contribution is -2.18. The van der Waals surface area contributed by atoms with Gasteiger partial charge in [0.25, 0.3) is 0 Å². The van der Waals surface area contributed by atoms with Crippen LogP contribution >= 0.6 is 0 Å². The van der Waals surface area contributed by atoms with Crippen LogP contribution in [0.15, 0.2) is 34.9 Å². The van der Waals surface area contributed by atoms with Gasteiger partial charge in [-0.25, -0.2) is 0 Å². The highest BCUT2D eigenvalue weighted by Crippen LogP contribution is 2.35. The van der Waals surface area contributed by atoms with Gasteiger partial charge in [0.1, 0.15) is 0 Å². The Bertz CT molecular complexity index is 342. The molecule has 1 aliphatic rings. The van der Waals surface area contributed by atoms with E-state index in [0.29, 0.717) is 5.71 Å². The topological polar surface area (TPSA) is 23.9 Å². The fourth-order valence-electron chi connectivity index (χ4n) is 1.72. The van der Waals surface area contributed by atoms with E-state index in [9.17, 15) is 0 Å². The average molecular weight is 189 g/mol. The quantitative estimate of drug-likeness (QED) is 0.598. The molecule has 0 aromatic heterocycles. The van der Waals surface area contributed by atoms with Gasteiger partial charge < -0.3 is 5.41 Å². The molecule has 1 aliphatic carbocycles. The predicted octanol–water partition coefficient (Wildman–Crippen LogP) is 3.88. The Morgan fingerprint density at radius 2 is 1.79 bits per heavy atom. The van der Waals surface area contributed by atoms with Gasteiger partial charge in [-0.15, -0.1) is 0 Å². The molecule has 1 N–H and O–H groups in total. The molecule has 0 heterocycles. The van der Waals surface area contributed by atoms with Gasteiger partial charge in [-0.05, 0) is 30.9 Å². The van der Waals surface area contributed by atoms with Crippen LogP contribution in [-0.2, 0) is 0 Å². The van der Waals surface area contributed by atoms with Crippen LogP contribution in [-0.4, -0.2) is 5.71 Å². The first kappa shape index (κ1) is 11.0. The van der Waals surface area contributed by atoms with Gasteiger partial charge in [0.05, 0.1) is 5.71 Å². The van der Waals surface area contributed by atoms with Crippen molar-refractivity contribution in [1.82, 2.24) is 0 Å². The first-order valence-corrected chi connectivity index (χ1v) is 4.99. The molecule has 14 heavy (non-hydrogen) atoms. The summed E-state index contributed by atoms with van der Waals surface area (Å²) in [5, 5.41) is 7.90. The first-order valence-electron chi connectivity index (χ1n) is 4.99. The minimum absolute atomic E-state index is 0.115. The summed E-state index contributed by atoms with van der Waals surface area (Å²) in [5.41, 5.74) is 4.35. The fraction of sp³-hybridized carbons (Fsp3) is 0.462. The highest BCUT2D eigenvalue weighted by Gasteiger charge is 2.24. The van der Waals surface area contributed by atoms with Gasteiger partial charge >= 0.3 is 0 Å². The van der Waals surface area contributed by atoms with E-state index in [1.807, 2.05) is 12.2 Å². The third-order valence-electron chi connectivity index (χ3n) is 2.37. The van der Waals surface area contributed by atoms with E-state index in [4.69, 9.17) is 5.41 Å². The second-order valence-corrected chi connectivity index (χ2v) is 4.98. The van der Waals surface area contributed by atoms with Gasteiger partial charge in [-0.3, -0.25) is 0 Å². The normalized spacial score (nSPS) is 17.1. The molecule has 0 radical (unpaired) electrons. The summed E-state index contributed by atoms with van der Waals surface area (Å²) in [6.45, 7) is 10.7. The summed E-state index contributed by atoms with van der Waals surface area (Å²) in [7, 11) is 0. The van der Waals surface area contributed by atoms with Crippen molar-refractivity contribution in [2.45, 2.75) is 34.6 Å². The lowest BCUT2D eigenvalue weighted by molar-refractivity contribution is 0.512. The molecule has 0 unspecified atom stereocenters. The van der Waals surface area contributed by atoms with Crippen LogP contribution in [0.5, 0.6) is 0 Å². The minimum atomic E-state index is 0.115. The molecular formula is C13H19N. The Hall–Kier alpha value is -1.11. The van der Waals surface area contributed by atoms with Crippen molar-refractivity contribution in [3.05, 3.63) is 34.9 Å². The van der Waals surface area contributed by atoms with Crippen LogP contribution in [0.25, 0.3) is 0 Å². The molecule has 1 nitrogen and oxygen atoms in total. The van der Waals surface area contributed by atoms with Crippen LogP contribution in [0, 0.1) is 10.8 Å². The number of rotatable bonds is 0. The molecular weight excluding hydrogens is 170 g/mol. The number of hydrogen-bond donors (Lipinski definition) is 1. The zero-order chi connectivity index (χ0) is 10.9. The van der Waals surface area contributed by atoms with Gasteiger partial charge in [0.2, 0.25) is 0 Å². The third kappa shape index (κ3) is 2.03. The summed E-state index contributed by atoms with van der Waals surface area (Å²) in [6.07, 6.45) is 5.95. The van der Waals surface area contributed by atoms with E-state index in [-0.39, 0.29) is 5.41 Å². The van der Waals surface area contributed by atoms with Crippen LogP contribution in [0.2, 0.25) is 0 Å². The molecule has 0 aliphatic heterocycles. The summed E-state index contributed by atoms with van der Waals surface area (Å²) >= 11 is 0. The predicted molar refractivity (Wildman–Crippen MR) is 62.8 cm³/mol. The highest BCUT2D eigenvalue weighted by atomic mass is 14.4. The monoisotopic (exact) mass is 189 g/mol. The summed E-state index contributed by atoms with van der Waals surface area (Å²) in [5.74, 6) is 0. The van der Waals surface area contributed by atoms with E-state index in [1.165, 1.54) is 11.1 Å². The zero-order valence-corrected chi connectivity index (χ0v) is 9.73. The maximum absolute atomic E-state index is 7.90. The smallest absolute Gasteiger partial charge is 0.0614 e. The van der Waals surface area contributed by atoms with Gasteiger partial charge in [-0.1, -0.05) is 38.5 Å². The van der Waals surface area contributed by atoms with Gasteiger partial charge in [0, 0.05) is 5.57 Å². The van der Waals surface area contributed by atoms with E-state index in [1.54, 1.807) is 0 Å². The zero-order valence-electron chi connectivity index (χ0n) is 9.73. The molecule has 0 aromatic rings. The summed E-state index contributed by atoms with van der Waals surface area (Å²) in [4.78, 5) is 0. The molecule has 0 atom stereocenters. The standard InChI is InChI=1S/C13H19N/c1-9(2)12-10(13(3,4)5)7-6-8-11(12)14/h6-8,14H,1-5H3. The van der Waals surface area contributed by atoms with Crippen molar-refractivity contribution in [1.29, 1.82) is 5.41 Å². The van der Waals surface area contributed by atoms with Crippen LogP contribution in [0.4, 0.5) is 0 Å². The third-order valence-corrected chi connectivity index (χ3v) is 2.37. The van der Waals surface area contributed by atoms with Crippen molar-refractivity contribution < 1.29 is 0 Å². The maximum Gasteiger partial charge on any atom is 0.0614 e. The van der Waals surface area contributed by atoms with E-state index in [0.717, 1.165) is 5.57 Å². The van der Waals surface area contributed by atoms with E-state index < -0.39 is 0 Å². The van der Waals surface area contributed by atoms with Crippen LogP contribution < -0.4 is 0 Å². The maximum atomic E-state index is 7.90. The van der Waals surface area contributed by atoms with E-state index in [2.05, 4.69) is 40.7 Å². The number of nitrogens with one attached hydrogen (secondary N) is 1. The van der Waals surface area contributed by atoms with Crippen molar-refractivity contribution in [3.8, 4) is 0 Å². The molecule has 0 saturated heterocycles. The van der Waals surface area contributed by atoms with Crippen molar-refractivity contribution in [3.63, 3.8) is 0 Å². The Kier molecular flexibility index (Phi) is 2.79. The van der Waals surface area contributed by atoms with Crippen LogP contribution in [0.1, 0.15) is 34.6 Å². The van der Waals surface area contributed by atoms with Gasteiger partial charge in [0.15, 0.2) is 0 Å². The molecule has 1 rings (SSSR count). The Labute approximate surface area is 86.7 Å². The SMILES string of the molecule is CC(C)=C1C(=N)C=CC=C1C(C)(C)C. The largest absolute Gasteiger partial charge is 0.300 e. The lowest BCUT2D eigenvalue weighted by atomic mass is 9.77. The summed E-state index contributed by atoms with van der Waals surface area (Å²) < 4.78 is 0. The molecule has 0 aromatic carbocycles. The molecule has 0 saturated carbocycles. The molecule has 0 amide bonds. The van der Waals surface area contributed by atoms with E-state index >= 15 is 0 Å². The van der Waals surface area contributed by atoms with Crippen molar-refractivity contribution in [2.75, 3.05) is 0 Å². The summed E-state index contributed by atoms with van der Waals surface area (Å²) in [6, 6.07) is 0. The first-order chi connectivity index (χ1) is 6.34. The molecule has 76 valence electrons. The Balaban J connectivity index is 3.29. The lowest BCUT2D eigenvalue weighted by Gasteiger charge is -2.28. The molecule has 0 fully saturated rings. The second kappa shape index (κ2) is 3.56. The van der Waals surface area contributed by atoms with Crippen molar-refractivity contribution in [2.24, 2.45) is 5.41 Å². The molecule has 0 spiro atoms. The number of hydrogen-bond acceptors (Lipinski definition) is 1. The second-order valence-electron chi connectivity index (χ2n) is 4.98. The Morgan fingerprint density at radius 1 is 1.21 bits per heavy atom.